The highest BCUT2D eigenvalue weighted by Crippen LogP contribution is 2.19. The third kappa shape index (κ3) is 3.67. The molecule has 0 aliphatic rings. The number of hydrogen-bond donors (Lipinski definition) is 1. The zero-order valence-corrected chi connectivity index (χ0v) is 14.5. The van der Waals surface area contributed by atoms with Crippen LogP contribution in [-0.2, 0) is 17.9 Å². The van der Waals surface area contributed by atoms with Crippen molar-refractivity contribution in [2.75, 3.05) is 5.73 Å². The molecule has 0 atom stereocenters. The molecule has 0 saturated heterocycles. The number of carbonyl (C=O) groups excluding carboxylic acids is 1. The first-order valence-corrected chi connectivity index (χ1v) is 8.17. The Kier molecular flexibility index (Phi) is 5.79. The maximum Gasteiger partial charge on any atom is 0.346 e. The fourth-order valence-electron chi connectivity index (χ4n) is 2.57. The van der Waals surface area contributed by atoms with Gasteiger partial charge in [-0.05, 0) is 31.4 Å². The van der Waals surface area contributed by atoms with Crippen molar-refractivity contribution in [3.63, 3.8) is 0 Å². The van der Waals surface area contributed by atoms with Crippen LogP contribution >= 0.6 is 0 Å². The van der Waals surface area contributed by atoms with Crippen LogP contribution in [0.1, 0.15) is 46.9 Å². The summed E-state index contributed by atoms with van der Waals surface area (Å²) in [4.78, 5) is 25.1. The Bertz CT molecular complexity index is 779. The van der Waals surface area contributed by atoms with Gasteiger partial charge in [0, 0.05) is 12.2 Å². The number of hydrogen-bond acceptors (Lipinski definition) is 4. The van der Waals surface area contributed by atoms with E-state index in [4.69, 9.17) is 10.5 Å². The van der Waals surface area contributed by atoms with Gasteiger partial charge >= 0.3 is 5.97 Å². The lowest BCUT2D eigenvalue weighted by molar-refractivity contribution is 0.0471. The molecule has 0 fully saturated rings. The van der Waals surface area contributed by atoms with Crippen LogP contribution in [0.4, 0.5) is 5.69 Å². The Hall–Kier alpha value is -2.56. The molecule has 2 N–H and O–H groups in total. The summed E-state index contributed by atoms with van der Waals surface area (Å²) in [5.74, 6) is -0.672. The smallest absolute Gasteiger partial charge is 0.346 e. The van der Waals surface area contributed by atoms with Gasteiger partial charge in [-0.3, -0.25) is 4.79 Å². The Morgan fingerprint density at radius 3 is 2.50 bits per heavy atom. The van der Waals surface area contributed by atoms with E-state index in [0.29, 0.717) is 6.54 Å². The topological polar surface area (TPSA) is 74.3 Å². The van der Waals surface area contributed by atoms with Crippen LogP contribution < -0.4 is 11.3 Å². The Balaban J connectivity index is 2.33. The van der Waals surface area contributed by atoms with Crippen LogP contribution in [0.5, 0.6) is 0 Å². The largest absolute Gasteiger partial charge is 0.457 e. The van der Waals surface area contributed by atoms with E-state index in [-0.39, 0.29) is 23.4 Å². The van der Waals surface area contributed by atoms with E-state index in [1.807, 2.05) is 44.2 Å². The lowest BCUT2D eigenvalue weighted by Crippen LogP contribution is -2.31. The maximum absolute atomic E-state index is 12.7. The second kappa shape index (κ2) is 7.81. The van der Waals surface area contributed by atoms with Crippen molar-refractivity contribution in [3.05, 3.63) is 63.1 Å². The van der Waals surface area contributed by atoms with E-state index in [9.17, 15) is 9.59 Å². The minimum absolute atomic E-state index is 0.0647. The summed E-state index contributed by atoms with van der Waals surface area (Å²) in [7, 11) is 0. The number of nitrogens with two attached hydrogens (primary N) is 1. The average Bonchev–Trinajstić information content (AvgIpc) is 2.59. The molecule has 2 rings (SSSR count). The van der Waals surface area contributed by atoms with Crippen molar-refractivity contribution < 1.29 is 9.53 Å². The van der Waals surface area contributed by atoms with Gasteiger partial charge in [0.05, 0.1) is 5.69 Å². The molecule has 0 bridgehead atoms. The number of nitrogens with zero attached hydrogens (tertiary/aromatic N) is 1. The first kappa shape index (κ1) is 17.8. The van der Waals surface area contributed by atoms with Crippen LogP contribution in [0, 0.1) is 13.8 Å². The second-order valence-electron chi connectivity index (χ2n) is 5.87. The van der Waals surface area contributed by atoms with Crippen molar-refractivity contribution in [1.29, 1.82) is 0 Å². The molecule has 5 heteroatoms. The molecule has 0 saturated carbocycles. The van der Waals surface area contributed by atoms with Crippen LogP contribution in [-0.4, -0.2) is 10.5 Å². The average molecular weight is 328 g/mol. The SMILES string of the molecule is CCCCn1c(C)c(C)c(N)c(C(=O)OCc2ccccc2)c1=O. The van der Waals surface area contributed by atoms with E-state index in [1.54, 1.807) is 4.57 Å². The molecule has 0 radical (unpaired) electrons. The molecule has 0 aliphatic carbocycles. The molecule has 0 spiro atoms. The van der Waals surface area contributed by atoms with Crippen molar-refractivity contribution >= 4 is 11.7 Å². The number of ether oxygens (including phenoxy) is 1. The monoisotopic (exact) mass is 328 g/mol. The third-order valence-corrected chi connectivity index (χ3v) is 4.23. The summed E-state index contributed by atoms with van der Waals surface area (Å²) in [6.07, 6.45) is 1.83. The summed E-state index contributed by atoms with van der Waals surface area (Å²) >= 11 is 0. The van der Waals surface area contributed by atoms with Gasteiger partial charge in [0.1, 0.15) is 12.2 Å². The number of rotatable bonds is 6. The minimum atomic E-state index is -0.672. The van der Waals surface area contributed by atoms with Crippen LogP contribution in [0.2, 0.25) is 0 Å². The first-order chi connectivity index (χ1) is 11.5. The molecule has 1 aromatic carbocycles. The van der Waals surface area contributed by atoms with E-state index >= 15 is 0 Å². The van der Waals surface area contributed by atoms with E-state index in [2.05, 4.69) is 6.92 Å². The molecule has 1 heterocycles. The number of benzene rings is 1. The molecule has 1 aromatic heterocycles. The molecule has 0 aliphatic heterocycles. The molecule has 0 unspecified atom stereocenters. The van der Waals surface area contributed by atoms with Gasteiger partial charge in [0.15, 0.2) is 0 Å². The number of unbranched alkanes of at least 4 members (excludes halogenated alkanes) is 1. The van der Waals surface area contributed by atoms with E-state index in [0.717, 1.165) is 29.7 Å². The lowest BCUT2D eigenvalue weighted by atomic mass is 10.1. The number of aromatic nitrogens is 1. The van der Waals surface area contributed by atoms with Crippen molar-refractivity contribution in [3.8, 4) is 0 Å². The van der Waals surface area contributed by atoms with Crippen LogP contribution in [0.25, 0.3) is 0 Å². The number of esters is 1. The van der Waals surface area contributed by atoms with Gasteiger partial charge in [0.2, 0.25) is 0 Å². The summed E-state index contributed by atoms with van der Waals surface area (Å²) in [5.41, 5.74) is 8.22. The highest BCUT2D eigenvalue weighted by Gasteiger charge is 2.22. The zero-order valence-electron chi connectivity index (χ0n) is 14.5. The summed E-state index contributed by atoms with van der Waals surface area (Å²) in [6, 6.07) is 9.34. The molecule has 24 heavy (non-hydrogen) atoms. The molecule has 2 aromatic rings. The molecular weight excluding hydrogens is 304 g/mol. The molecule has 0 amide bonds. The van der Waals surface area contributed by atoms with Crippen LogP contribution in [0.3, 0.4) is 0 Å². The van der Waals surface area contributed by atoms with Crippen molar-refractivity contribution in [2.24, 2.45) is 0 Å². The second-order valence-corrected chi connectivity index (χ2v) is 5.87. The molecular formula is C19H24N2O3. The predicted octanol–water partition coefficient (Wildman–Crippen LogP) is 3.20. The van der Waals surface area contributed by atoms with Gasteiger partial charge in [-0.2, -0.15) is 0 Å². The van der Waals surface area contributed by atoms with Crippen molar-refractivity contribution in [1.82, 2.24) is 4.57 Å². The number of pyridine rings is 1. The third-order valence-electron chi connectivity index (χ3n) is 4.23. The summed E-state index contributed by atoms with van der Waals surface area (Å²) in [6.45, 7) is 6.41. The fraction of sp³-hybridized carbons (Fsp3) is 0.368. The fourth-order valence-corrected chi connectivity index (χ4v) is 2.57. The number of carbonyl (C=O) groups is 1. The summed E-state index contributed by atoms with van der Waals surface area (Å²) in [5, 5.41) is 0. The van der Waals surface area contributed by atoms with Gasteiger partial charge in [-0.15, -0.1) is 0 Å². The van der Waals surface area contributed by atoms with Gasteiger partial charge in [0.25, 0.3) is 5.56 Å². The van der Waals surface area contributed by atoms with E-state index < -0.39 is 5.97 Å². The first-order valence-electron chi connectivity index (χ1n) is 8.17. The normalized spacial score (nSPS) is 10.6. The minimum Gasteiger partial charge on any atom is -0.457 e. The summed E-state index contributed by atoms with van der Waals surface area (Å²) < 4.78 is 6.92. The Morgan fingerprint density at radius 2 is 1.88 bits per heavy atom. The Labute approximate surface area is 142 Å². The van der Waals surface area contributed by atoms with E-state index in [1.165, 1.54) is 0 Å². The highest BCUT2D eigenvalue weighted by atomic mass is 16.5. The molecule has 128 valence electrons. The van der Waals surface area contributed by atoms with Crippen LogP contribution in [0.15, 0.2) is 35.1 Å². The predicted molar refractivity (Wildman–Crippen MR) is 95.1 cm³/mol. The highest BCUT2D eigenvalue weighted by molar-refractivity contribution is 5.95. The van der Waals surface area contributed by atoms with Gasteiger partial charge in [-0.25, -0.2) is 4.79 Å². The Morgan fingerprint density at radius 1 is 1.21 bits per heavy atom. The maximum atomic E-state index is 12.7. The lowest BCUT2D eigenvalue weighted by Gasteiger charge is -2.17. The number of nitrogen functional groups attached to an aromatic ring is 1. The van der Waals surface area contributed by atoms with Gasteiger partial charge < -0.3 is 15.0 Å². The zero-order chi connectivity index (χ0) is 17.7. The number of anilines is 1. The van der Waals surface area contributed by atoms with Crippen molar-refractivity contribution in [2.45, 2.75) is 46.8 Å². The molecule has 5 nitrogen and oxygen atoms in total. The standard InChI is InChI=1S/C19H24N2O3/c1-4-5-11-21-14(3)13(2)17(20)16(18(21)22)19(23)24-12-15-9-7-6-8-10-15/h6-10H,4-5,11-12,20H2,1-3H3. The quantitative estimate of drug-likeness (QED) is 0.826. The van der Waals surface area contributed by atoms with Gasteiger partial charge in [-0.1, -0.05) is 43.7 Å².